The fourth-order valence-electron chi connectivity index (χ4n) is 1.28. The van der Waals surface area contributed by atoms with Gasteiger partial charge in [0.15, 0.2) is 5.06 Å². The molecular weight excluding hydrogens is 252 g/mol. The van der Waals surface area contributed by atoms with E-state index in [0.717, 1.165) is 14.6 Å². The molecule has 1 aromatic heterocycles. The van der Waals surface area contributed by atoms with E-state index in [1.165, 1.54) is 11.3 Å². The fraction of sp³-hybridized carbons (Fsp3) is 0.111. The Hall–Kier alpha value is -0.580. The highest BCUT2D eigenvalue weighted by molar-refractivity contribution is 9.10. The van der Waals surface area contributed by atoms with Gasteiger partial charge in [0.05, 0.1) is 11.3 Å². The zero-order valence-corrected chi connectivity index (χ0v) is 9.02. The van der Waals surface area contributed by atoms with Gasteiger partial charge in [0, 0.05) is 15.4 Å². The third-order valence-electron chi connectivity index (χ3n) is 1.91. The van der Waals surface area contributed by atoms with Gasteiger partial charge in [0.25, 0.3) is 0 Å². The number of aromatic hydroxyl groups is 1. The smallest absolute Gasteiger partial charge is 0.177 e. The molecule has 0 spiro atoms. The van der Waals surface area contributed by atoms with Crippen LogP contribution in [0.1, 0.15) is 5.56 Å². The average Bonchev–Trinajstić information content (AvgIpc) is 2.43. The number of benzene rings is 1. The highest BCUT2D eigenvalue weighted by Gasteiger charge is 2.11. The Labute approximate surface area is 87.6 Å². The van der Waals surface area contributed by atoms with Crippen LogP contribution in [0.2, 0.25) is 0 Å². The van der Waals surface area contributed by atoms with Crippen molar-refractivity contribution in [3.8, 4) is 5.06 Å². The second-order valence-electron chi connectivity index (χ2n) is 2.66. The zero-order valence-electron chi connectivity index (χ0n) is 6.62. The molecule has 4 heteroatoms. The molecule has 0 amide bonds. The van der Waals surface area contributed by atoms with E-state index in [9.17, 15) is 5.11 Å². The lowest BCUT2D eigenvalue weighted by Gasteiger charge is -1.94. The molecule has 2 rings (SSSR count). The molecule has 0 aliphatic carbocycles. The Bertz CT molecular complexity index is 450. The predicted octanol–water partition coefficient (Wildman–Crippen LogP) is 2.86. The molecule has 68 valence electrons. The summed E-state index contributed by atoms with van der Waals surface area (Å²) in [5.41, 5.74) is 0.612. The molecule has 0 saturated carbocycles. The van der Waals surface area contributed by atoms with Crippen LogP contribution in [-0.4, -0.2) is 10.2 Å². The van der Waals surface area contributed by atoms with Gasteiger partial charge in [-0.1, -0.05) is 23.5 Å². The van der Waals surface area contributed by atoms with E-state index in [1.807, 2.05) is 18.2 Å². The van der Waals surface area contributed by atoms with Crippen LogP contribution in [0, 0.1) is 0 Å². The highest BCUT2D eigenvalue weighted by atomic mass is 79.9. The zero-order chi connectivity index (χ0) is 9.42. The minimum atomic E-state index is -0.123. The minimum Gasteiger partial charge on any atom is -0.499 e. The molecule has 0 radical (unpaired) electrons. The van der Waals surface area contributed by atoms with Crippen molar-refractivity contribution in [2.45, 2.75) is 6.61 Å². The number of hydrogen-bond donors (Lipinski definition) is 2. The third-order valence-corrected chi connectivity index (χ3v) is 3.91. The van der Waals surface area contributed by atoms with E-state index in [1.54, 1.807) is 0 Å². The Morgan fingerprint density at radius 2 is 2.15 bits per heavy atom. The monoisotopic (exact) mass is 258 g/mol. The van der Waals surface area contributed by atoms with Crippen LogP contribution in [0.4, 0.5) is 0 Å². The van der Waals surface area contributed by atoms with Gasteiger partial charge < -0.3 is 10.2 Å². The Balaban J connectivity index is 2.86. The minimum absolute atomic E-state index is 0.123. The second-order valence-corrected chi connectivity index (χ2v) is 4.51. The third kappa shape index (κ3) is 1.35. The summed E-state index contributed by atoms with van der Waals surface area (Å²) in [6.45, 7) is -0.123. The molecule has 0 fully saturated rings. The summed E-state index contributed by atoms with van der Waals surface area (Å²) in [7, 11) is 0. The molecule has 0 saturated heterocycles. The molecule has 0 aliphatic heterocycles. The lowest BCUT2D eigenvalue weighted by atomic mass is 10.2. The summed E-state index contributed by atoms with van der Waals surface area (Å²) >= 11 is 4.67. The van der Waals surface area contributed by atoms with Crippen LogP contribution >= 0.6 is 27.3 Å². The molecule has 0 aliphatic rings. The SMILES string of the molecule is OCc1c(O)sc2c(Br)cccc12. The summed E-state index contributed by atoms with van der Waals surface area (Å²) in [6, 6.07) is 5.69. The number of fused-ring (bicyclic) bond motifs is 1. The van der Waals surface area contributed by atoms with Crippen LogP contribution in [0.25, 0.3) is 10.1 Å². The lowest BCUT2D eigenvalue weighted by molar-refractivity contribution is 0.278. The average molecular weight is 259 g/mol. The van der Waals surface area contributed by atoms with Crippen LogP contribution < -0.4 is 0 Å². The summed E-state index contributed by atoms with van der Waals surface area (Å²) in [4.78, 5) is 0. The molecule has 13 heavy (non-hydrogen) atoms. The standard InChI is InChI=1S/C9H7BrO2S/c10-7-3-1-2-5-6(4-11)9(12)13-8(5)7/h1-3,11-12H,4H2. The number of aliphatic hydroxyl groups is 1. The Kier molecular flexibility index (Phi) is 2.27. The summed E-state index contributed by atoms with van der Waals surface area (Å²) in [5.74, 6) is 0. The van der Waals surface area contributed by atoms with Crippen molar-refractivity contribution in [2.24, 2.45) is 0 Å². The normalized spacial score (nSPS) is 10.9. The van der Waals surface area contributed by atoms with Gasteiger partial charge in [-0.15, -0.1) is 0 Å². The molecule has 2 aromatic rings. The van der Waals surface area contributed by atoms with E-state index in [-0.39, 0.29) is 11.7 Å². The van der Waals surface area contributed by atoms with Gasteiger partial charge in [-0.25, -0.2) is 0 Å². The maximum Gasteiger partial charge on any atom is 0.177 e. The Morgan fingerprint density at radius 3 is 2.85 bits per heavy atom. The summed E-state index contributed by atoms with van der Waals surface area (Å²) in [6.07, 6.45) is 0. The quantitative estimate of drug-likeness (QED) is 0.826. The van der Waals surface area contributed by atoms with Gasteiger partial charge >= 0.3 is 0 Å². The van der Waals surface area contributed by atoms with Crippen molar-refractivity contribution >= 4 is 37.4 Å². The highest BCUT2D eigenvalue weighted by Crippen LogP contribution is 2.40. The maximum absolute atomic E-state index is 9.50. The first kappa shape index (κ1) is 8.99. The number of aliphatic hydroxyl groups excluding tert-OH is 1. The van der Waals surface area contributed by atoms with Gasteiger partial charge in [-0.3, -0.25) is 0 Å². The number of hydrogen-bond acceptors (Lipinski definition) is 3. The summed E-state index contributed by atoms with van der Waals surface area (Å²) < 4.78 is 1.93. The van der Waals surface area contributed by atoms with Crippen LogP contribution in [0.5, 0.6) is 5.06 Å². The van der Waals surface area contributed by atoms with Gasteiger partial charge in [-0.05, 0) is 22.0 Å². The van der Waals surface area contributed by atoms with E-state index in [4.69, 9.17) is 5.11 Å². The predicted molar refractivity (Wildman–Crippen MR) is 57.1 cm³/mol. The molecular formula is C9H7BrO2S. The van der Waals surface area contributed by atoms with E-state index >= 15 is 0 Å². The van der Waals surface area contributed by atoms with Crippen LogP contribution in [-0.2, 0) is 6.61 Å². The first-order chi connectivity index (χ1) is 6.24. The van der Waals surface area contributed by atoms with E-state index in [0.29, 0.717) is 5.56 Å². The molecule has 1 heterocycles. The van der Waals surface area contributed by atoms with Crippen molar-refractivity contribution in [3.05, 3.63) is 28.2 Å². The lowest BCUT2D eigenvalue weighted by Crippen LogP contribution is -1.79. The largest absolute Gasteiger partial charge is 0.499 e. The van der Waals surface area contributed by atoms with Gasteiger partial charge in [-0.2, -0.15) is 0 Å². The maximum atomic E-state index is 9.50. The van der Waals surface area contributed by atoms with Crippen LogP contribution in [0.15, 0.2) is 22.7 Å². The number of thiophene rings is 1. The molecule has 0 atom stereocenters. The number of halogens is 1. The van der Waals surface area contributed by atoms with Crippen molar-refractivity contribution < 1.29 is 10.2 Å². The Morgan fingerprint density at radius 1 is 1.38 bits per heavy atom. The van der Waals surface area contributed by atoms with Gasteiger partial charge in [0.1, 0.15) is 0 Å². The van der Waals surface area contributed by atoms with Crippen molar-refractivity contribution in [3.63, 3.8) is 0 Å². The molecule has 2 nitrogen and oxygen atoms in total. The molecule has 1 aromatic carbocycles. The van der Waals surface area contributed by atoms with Crippen LogP contribution in [0.3, 0.4) is 0 Å². The number of rotatable bonds is 1. The molecule has 0 bridgehead atoms. The molecule has 0 unspecified atom stereocenters. The first-order valence-corrected chi connectivity index (χ1v) is 5.34. The van der Waals surface area contributed by atoms with Crippen molar-refractivity contribution in [1.29, 1.82) is 0 Å². The first-order valence-electron chi connectivity index (χ1n) is 3.73. The van der Waals surface area contributed by atoms with Gasteiger partial charge in [0.2, 0.25) is 0 Å². The van der Waals surface area contributed by atoms with E-state index < -0.39 is 0 Å². The second kappa shape index (κ2) is 3.29. The summed E-state index contributed by atoms with van der Waals surface area (Å²) in [5, 5.41) is 19.6. The molecule has 2 N–H and O–H groups in total. The fourth-order valence-corrected chi connectivity index (χ4v) is 2.84. The van der Waals surface area contributed by atoms with Crippen molar-refractivity contribution in [1.82, 2.24) is 0 Å². The van der Waals surface area contributed by atoms with Crippen molar-refractivity contribution in [2.75, 3.05) is 0 Å². The van der Waals surface area contributed by atoms with E-state index in [2.05, 4.69) is 15.9 Å². The topological polar surface area (TPSA) is 40.5 Å².